The van der Waals surface area contributed by atoms with Crippen LogP contribution in [-0.4, -0.2) is 13.0 Å². The highest BCUT2D eigenvalue weighted by atomic mass is 16.5. The van der Waals surface area contributed by atoms with E-state index >= 15 is 0 Å². The summed E-state index contributed by atoms with van der Waals surface area (Å²) in [7, 11) is 1.56. The maximum Gasteiger partial charge on any atom is 0.262 e. The molecule has 0 aromatic heterocycles. The number of amides is 1. The Hall–Kier alpha value is -3.06. The molecule has 0 radical (unpaired) electrons. The molecule has 23 heavy (non-hydrogen) atoms. The van der Waals surface area contributed by atoms with Crippen LogP contribution in [0, 0.1) is 18.3 Å². The fraction of sp³-hybridized carbons (Fsp3) is 0.158. The third-order valence-electron chi connectivity index (χ3n) is 3.35. The number of benzene rings is 2. The molecular formula is C19H18N2O2. The standard InChI is InChI=1S/C19H18N2O2/c1-14-8-9-18(23-2)16(10-14)11-17(12-20)19(22)21-13-15-6-4-3-5-7-15/h3-11H,13H2,1-2H3,(H,21,22)/b17-11+. The van der Waals surface area contributed by atoms with Crippen molar-refractivity contribution in [3.63, 3.8) is 0 Å². The number of aryl methyl sites for hydroxylation is 1. The van der Waals surface area contributed by atoms with Crippen LogP contribution in [-0.2, 0) is 11.3 Å². The lowest BCUT2D eigenvalue weighted by Gasteiger charge is -2.07. The van der Waals surface area contributed by atoms with Gasteiger partial charge in [-0.1, -0.05) is 42.0 Å². The van der Waals surface area contributed by atoms with Crippen molar-refractivity contribution in [1.29, 1.82) is 5.26 Å². The lowest BCUT2D eigenvalue weighted by Crippen LogP contribution is -2.23. The molecule has 2 aromatic rings. The minimum Gasteiger partial charge on any atom is -0.496 e. The number of methoxy groups -OCH3 is 1. The van der Waals surface area contributed by atoms with Gasteiger partial charge in [0.25, 0.3) is 5.91 Å². The summed E-state index contributed by atoms with van der Waals surface area (Å²) in [5.74, 6) is 0.221. The van der Waals surface area contributed by atoms with Gasteiger partial charge in [0.2, 0.25) is 0 Å². The lowest BCUT2D eigenvalue weighted by atomic mass is 10.1. The van der Waals surface area contributed by atoms with E-state index in [1.807, 2.05) is 61.5 Å². The van der Waals surface area contributed by atoms with Gasteiger partial charge in [0.1, 0.15) is 17.4 Å². The zero-order valence-corrected chi connectivity index (χ0v) is 13.2. The average Bonchev–Trinajstić information content (AvgIpc) is 2.58. The van der Waals surface area contributed by atoms with Gasteiger partial charge in [-0.25, -0.2) is 0 Å². The van der Waals surface area contributed by atoms with E-state index in [1.54, 1.807) is 13.2 Å². The van der Waals surface area contributed by atoms with Crippen LogP contribution in [0.1, 0.15) is 16.7 Å². The molecule has 1 amide bonds. The first-order chi connectivity index (χ1) is 11.1. The first-order valence-corrected chi connectivity index (χ1v) is 7.22. The predicted molar refractivity (Wildman–Crippen MR) is 89.6 cm³/mol. The second-order valence-corrected chi connectivity index (χ2v) is 5.08. The second kappa shape index (κ2) is 7.81. The van der Waals surface area contributed by atoms with Gasteiger partial charge in [-0.15, -0.1) is 0 Å². The molecule has 0 atom stereocenters. The van der Waals surface area contributed by atoms with Gasteiger partial charge in [0.05, 0.1) is 7.11 Å². The Balaban J connectivity index is 2.17. The van der Waals surface area contributed by atoms with Crippen molar-refractivity contribution in [1.82, 2.24) is 5.32 Å². The van der Waals surface area contributed by atoms with Crippen LogP contribution in [0.2, 0.25) is 0 Å². The maximum absolute atomic E-state index is 12.2. The predicted octanol–water partition coefficient (Wildman–Crippen LogP) is 3.23. The molecule has 0 heterocycles. The van der Waals surface area contributed by atoms with Gasteiger partial charge in [-0.3, -0.25) is 4.79 Å². The van der Waals surface area contributed by atoms with Crippen LogP contribution in [0.25, 0.3) is 6.08 Å². The number of ether oxygens (including phenoxy) is 1. The summed E-state index contributed by atoms with van der Waals surface area (Å²) >= 11 is 0. The van der Waals surface area contributed by atoms with Crippen molar-refractivity contribution in [3.8, 4) is 11.8 Å². The van der Waals surface area contributed by atoms with E-state index < -0.39 is 5.91 Å². The molecule has 0 saturated heterocycles. The number of hydrogen-bond donors (Lipinski definition) is 1. The molecule has 2 rings (SSSR count). The molecule has 0 fully saturated rings. The van der Waals surface area contributed by atoms with Crippen molar-refractivity contribution in [2.75, 3.05) is 7.11 Å². The molecule has 1 N–H and O–H groups in total. The summed E-state index contributed by atoms with van der Waals surface area (Å²) in [5.41, 5.74) is 2.76. The van der Waals surface area contributed by atoms with E-state index in [0.717, 1.165) is 11.1 Å². The molecule has 0 unspecified atom stereocenters. The third kappa shape index (κ3) is 4.45. The molecule has 4 nitrogen and oxygen atoms in total. The SMILES string of the molecule is COc1ccc(C)cc1/C=C(\C#N)C(=O)NCc1ccccc1. The lowest BCUT2D eigenvalue weighted by molar-refractivity contribution is -0.117. The van der Waals surface area contributed by atoms with Gasteiger partial charge >= 0.3 is 0 Å². The number of carbonyl (C=O) groups excluding carboxylic acids is 1. The minimum atomic E-state index is -0.403. The summed E-state index contributed by atoms with van der Waals surface area (Å²) in [6, 6.07) is 17.1. The minimum absolute atomic E-state index is 0.0461. The number of nitriles is 1. The third-order valence-corrected chi connectivity index (χ3v) is 3.35. The van der Waals surface area contributed by atoms with E-state index in [0.29, 0.717) is 17.9 Å². The zero-order chi connectivity index (χ0) is 16.7. The Labute approximate surface area is 136 Å². The molecule has 0 bridgehead atoms. The second-order valence-electron chi connectivity index (χ2n) is 5.08. The van der Waals surface area contributed by atoms with Gasteiger partial charge in [-0.2, -0.15) is 5.26 Å². The number of rotatable bonds is 5. The Morgan fingerprint density at radius 2 is 2.00 bits per heavy atom. The summed E-state index contributed by atoms with van der Waals surface area (Å²) in [6.45, 7) is 2.32. The van der Waals surface area contributed by atoms with Crippen LogP contribution in [0.3, 0.4) is 0 Å². The smallest absolute Gasteiger partial charge is 0.262 e. The Morgan fingerprint density at radius 3 is 2.65 bits per heavy atom. The van der Waals surface area contributed by atoms with Crippen LogP contribution in [0.5, 0.6) is 5.75 Å². The molecule has 2 aromatic carbocycles. The van der Waals surface area contributed by atoms with E-state index in [9.17, 15) is 10.1 Å². The molecular weight excluding hydrogens is 288 g/mol. The molecule has 0 saturated carbocycles. The highest BCUT2D eigenvalue weighted by molar-refractivity contribution is 6.01. The first-order valence-electron chi connectivity index (χ1n) is 7.22. The van der Waals surface area contributed by atoms with Crippen LogP contribution in [0.4, 0.5) is 0 Å². The molecule has 0 aliphatic carbocycles. The van der Waals surface area contributed by atoms with Crippen molar-refractivity contribution in [2.24, 2.45) is 0 Å². The number of nitrogens with zero attached hydrogens (tertiary/aromatic N) is 1. The largest absolute Gasteiger partial charge is 0.496 e. The van der Waals surface area contributed by atoms with Crippen molar-refractivity contribution >= 4 is 12.0 Å². The van der Waals surface area contributed by atoms with Gasteiger partial charge in [0, 0.05) is 12.1 Å². The fourth-order valence-corrected chi connectivity index (χ4v) is 2.14. The van der Waals surface area contributed by atoms with Crippen LogP contribution >= 0.6 is 0 Å². The quantitative estimate of drug-likeness (QED) is 0.681. The molecule has 4 heteroatoms. The Bertz CT molecular complexity index is 759. The summed E-state index contributed by atoms with van der Waals surface area (Å²) in [6.07, 6.45) is 1.55. The average molecular weight is 306 g/mol. The topological polar surface area (TPSA) is 62.1 Å². The van der Waals surface area contributed by atoms with Crippen LogP contribution in [0.15, 0.2) is 54.1 Å². The van der Waals surface area contributed by atoms with Crippen molar-refractivity contribution < 1.29 is 9.53 Å². The highest BCUT2D eigenvalue weighted by Crippen LogP contribution is 2.22. The first kappa shape index (κ1) is 16.3. The number of carbonyl (C=O) groups is 1. The molecule has 0 aliphatic rings. The normalized spacial score (nSPS) is 10.7. The Kier molecular flexibility index (Phi) is 5.54. The maximum atomic E-state index is 12.2. The van der Waals surface area contributed by atoms with E-state index in [1.165, 1.54) is 0 Å². The van der Waals surface area contributed by atoms with Gasteiger partial charge < -0.3 is 10.1 Å². The monoisotopic (exact) mass is 306 g/mol. The van der Waals surface area contributed by atoms with Crippen LogP contribution < -0.4 is 10.1 Å². The highest BCUT2D eigenvalue weighted by Gasteiger charge is 2.10. The molecule has 0 aliphatic heterocycles. The number of nitrogens with one attached hydrogen (secondary N) is 1. The fourth-order valence-electron chi connectivity index (χ4n) is 2.14. The summed E-state index contributed by atoms with van der Waals surface area (Å²) < 4.78 is 5.27. The molecule has 116 valence electrons. The van der Waals surface area contributed by atoms with E-state index in [-0.39, 0.29) is 5.57 Å². The van der Waals surface area contributed by atoms with Crippen molar-refractivity contribution in [2.45, 2.75) is 13.5 Å². The Morgan fingerprint density at radius 1 is 1.26 bits per heavy atom. The molecule has 0 spiro atoms. The van der Waals surface area contributed by atoms with E-state index in [2.05, 4.69) is 5.32 Å². The van der Waals surface area contributed by atoms with Crippen molar-refractivity contribution in [3.05, 3.63) is 70.8 Å². The van der Waals surface area contributed by atoms with Gasteiger partial charge in [0.15, 0.2) is 0 Å². The summed E-state index contributed by atoms with van der Waals surface area (Å²) in [4.78, 5) is 12.2. The van der Waals surface area contributed by atoms with Gasteiger partial charge in [-0.05, 0) is 30.7 Å². The summed E-state index contributed by atoms with van der Waals surface area (Å²) in [5, 5.41) is 12.0. The van der Waals surface area contributed by atoms with E-state index in [4.69, 9.17) is 4.74 Å². The zero-order valence-electron chi connectivity index (χ0n) is 13.2. The number of hydrogen-bond acceptors (Lipinski definition) is 3.